The zero-order valence-electron chi connectivity index (χ0n) is 13.9. The number of piperidine rings is 1. The van der Waals surface area contributed by atoms with Crippen molar-refractivity contribution in [3.63, 3.8) is 0 Å². The van der Waals surface area contributed by atoms with E-state index in [1.165, 1.54) is 6.42 Å². The van der Waals surface area contributed by atoms with Crippen molar-refractivity contribution in [3.05, 3.63) is 35.8 Å². The van der Waals surface area contributed by atoms with Crippen molar-refractivity contribution in [2.24, 2.45) is 5.92 Å². The van der Waals surface area contributed by atoms with Gasteiger partial charge in [-0.25, -0.2) is 9.97 Å². The largest absolute Gasteiger partial charge is 0.396 e. The number of rotatable bonds is 4. The minimum absolute atomic E-state index is 0.265. The molecule has 0 amide bonds. The van der Waals surface area contributed by atoms with Crippen molar-refractivity contribution < 1.29 is 5.11 Å². The molecule has 1 fully saturated rings. The van der Waals surface area contributed by atoms with Gasteiger partial charge in [0.15, 0.2) is 5.82 Å². The molecule has 0 saturated carbocycles. The molecule has 122 valence electrons. The van der Waals surface area contributed by atoms with Crippen LogP contribution in [0, 0.1) is 19.8 Å². The molecule has 1 aliphatic heterocycles. The first-order chi connectivity index (χ1) is 11.2. The van der Waals surface area contributed by atoms with Gasteiger partial charge < -0.3 is 10.0 Å². The number of aryl methyl sites for hydroxylation is 1. The summed E-state index contributed by atoms with van der Waals surface area (Å²) in [5.74, 6) is 2.31. The topological polar surface area (TPSA) is 62.1 Å². The third-order valence-corrected chi connectivity index (χ3v) is 4.64. The van der Waals surface area contributed by atoms with Crippen LogP contribution in [0.3, 0.4) is 0 Å². The van der Waals surface area contributed by atoms with Crippen molar-refractivity contribution in [2.45, 2.75) is 33.1 Å². The number of aliphatic hydroxyl groups excluding tert-OH is 1. The lowest BCUT2D eigenvalue weighted by Gasteiger charge is -2.34. The molecule has 5 heteroatoms. The van der Waals surface area contributed by atoms with E-state index in [0.717, 1.165) is 54.4 Å². The van der Waals surface area contributed by atoms with Crippen molar-refractivity contribution in [1.29, 1.82) is 0 Å². The Labute approximate surface area is 137 Å². The highest BCUT2D eigenvalue weighted by molar-refractivity contribution is 5.59. The fraction of sp³-hybridized carbons (Fsp3) is 0.500. The zero-order chi connectivity index (χ0) is 16.2. The van der Waals surface area contributed by atoms with E-state index < -0.39 is 0 Å². The smallest absolute Gasteiger partial charge is 0.163 e. The molecule has 0 bridgehead atoms. The summed E-state index contributed by atoms with van der Waals surface area (Å²) >= 11 is 0. The number of pyridine rings is 1. The molecule has 1 aliphatic rings. The molecule has 2 aromatic rings. The highest BCUT2D eigenvalue weighted by atomic mass is 16.3. The third kappa shape index (κ3) is 3.50. The first-order valence-corrected chi connectivity index (χ1v) is 8.30. The maximum atomic E-state index is 9.22. The summed E-state index contributed by atoms with van der Waals surface area (Å²) in [6.07, 6.45) is 6.77. The molecule has 5 nitrogen and oxygen atoms in total. The molecule has 1 atom stereocenters. The second kappa shape index (κ2) is 7.04. The number of hydrogen-bond acceptors (Lipinski definition) is 5. The van der Waals surface area contributed by atoms with Crippen molar-refractivity contribution in [2.75, 3.05) is 24.6 Å². The van der Waals surface area contributed by atoms with Gasteiger partial charge in [0.1, 0.15) is 5.82 Å². The Kier molecular flexibility index (Phi) is 4.86. The monoisotopic (exact) mass is 312 g/mol. The van der Waals surface area contributed by atoms with Crippen LogP contribution in [0.5, 0.6) is 0 Å². The lowest BCUT2D eigenvalue weighted by molar-refractivity contribution is 0.244. The molecule has 0 radical (unpaired) electrons. The van der Waals surface area contributed by atoms with Crippen LogP contribution in [0.2, 0.25) is 0 Å². The number of aromatic nitrogens is 3. The van der Waals surface area contributed by atoms with Gasteiger partial charge in [0, 0.05) is 48.9 Å². The van der Waals surface area contributed by atoms with Crippen LogP contribution in [-0.2, 0) is 0 Å². The molecule has 0 aromatic carbocycles. The zero-order valence-corrected chi connectivity index (χ0v) is 13.9. The van der Waals surface area contributed by atoms with E-state index in [9.17, 15) is 5.11 Å². The SMILES string of the molecule is Cc1nc(-c2cccnc2)nc(N2CCCC(CCO)C2)c1C. The molecule has 0 aliphatic carbocycles. The molecule has 1 N–H and O–H groups in total. The molecule has 1 unspecified atom stereocenters. The summed E-state index contributed by atoms with van der Waals surface area (Å²) in [4.78, 5) is 16.0. The summed E-state index contributed by atoms with van der Waals surface area (Å²) in [6.45, 7) is 6.38. The lowest BCUT2D eigenvalue weighted by Crippen LogP contribution is -2.37. The molecule has 3 rings (SSSR count). The summed E-state index contributed by atoms with van der Waals surface area (Å²) in [5.41, 5.74) is 3.10. The highest BCUT2D eigenvalue weighted by Crippen LogP contribution is 2.28. The molecular formula is C18H24N4O. The quantitative estimate of drug-likeness (QED) is 0.940. The van der Waals surface area contributed by atoms with Gasteiger partial charge in [-0.2, -0.15) is 0 Å². The Morgan fingerprint density at radius 2 is 2.17 bits per heavy atom. The van der Waals surface area contributed by atoms with Gasteiger partial charge in [0.25, 0.3) is 0 Å². The van der Waals surface area contributed by atoms with Gasteiger partial charge in [0.2, 0.25) is 0 Å². The average Bonchev–Trinajstić information content (AvgIpc) is 2.58. The van der Waals surface area contributed by atoms with Crippen LogP contribution in [0.15, 0.2) is 24.5 Å². The first kappa shape index (κ1) is 15.9. The third-order valence-electron chi connectivity index (χ3n) is 4.64. The fourth-order valence-corrected chi connectivity index (χ4v) is 3.22. The molecule has 2 aromatic heterocycles. The maximum absolute atomic E-state index is 9.22. The number of hydrogen-bond donors (Lipinski definition) is 1. The van der Waals surface area contributed by atoms with Gasteiger partial charge in [-0.15, -0.1) is 0 Å². The summed E-state index contributed by atoms with van der Waals surface area (Å²) in [6, 6.07) is 3.90. The van der Waals surface area contributed by atoms with E-state index in [0.29, 0.717) is 5.92 Å². The van der Waals surface area contributed by atoms with Crippen molar-refractivity contribution in [1.82, 2.24) is 15.0 Å². The summed E-state index contributed by atoms with van der Waals surface area (Å²) < 4.78 is 0. The Balaban J connectivity index is 1.93. The van der Waals surface area contributed by atoms with Gasteiger partial charge in [-0.3, -0.25) is 4.98 Å². The Morgan fingerprint density at radius 1 is 1.30 bits per heavy atom. The molecule has 0 spiro atoms. The molecular weight excluding hydrogens is 288 g/mol. The number of nitrogens with zero attached hydrogens (tertiary/aromatic N) is 4. The van der Waals surface area contributed by atoms with Gasteiger partial charge >= 0.3 is 0 Å². The number of aliphatic hydroxyl groups is 1. The number of anilines is 1. The van der Waals surface area contributed by atoms with E-state index in [1.54, 1.807) is 12.4 Å². The first-order valence-electron chi connectivity index (χ1n) is 8.30. The Morgan fingerprint density at radius 3 is 2.91 bits per heavy atom. The predicted octanol–water partition coefficient (Wildman–Crippen LogP) is 2.75. The van der Waals surface area contributed by atoms with Crippen molar-refractivity contribution >= 4 is 5.82 Å². The van der Waals surface area contributed by atoms with E-state index in [-0.39, 0.29) is 6.61 Å². The maximum Gasteiger partial charge on any atom is 0.163 e. The van der Waals surface area contributed by atoms with Crippen LogP contribution >= 0.6 is 0 Å². The predicted molar refractivity (Wildman–Crippen MR) is 91.4 cm³/mol. The summed E-state index contributed by atoms with van der Waals surface area (Å²) in [5, 5.41) is 9.22. The van der Waals surface area contributed by atoms with E-state index >= 15 is 0 Å². The lowest BCUT2D eigenvalue weighted by atomic mass is 9.95. The van der Waals surface area contributed by atoms with Gasteiger partial charge in [0.05, 0.1) is 0 Å². The molecule has 1 saturated heterocycles. The van der Waals surface area contributed by atoms with Crippen LogP contribution in [0.1, 0.15) is 30.5 Å². The summed E-state index contributed by atoms with van der Waals surface area (Å²) in [7, 11) is 0. The molecule has 3 heterocycles. The van der Waals surface area contributed by atoms with Gasteiger partial charge in [-0.05, 0) is 51.2 Å². The highest BCUT2D eigenvalue weighted by Gasteiger charge is 2.23. The fourth-order valence-electron chi connectivity index (χ4n) is 3.22. The second-order valence-electron chi connectivity index (χ2n) is 6.29. The van der Waals surface area contributed by atoms with E-state index in [1.807, 2.05) is 19.1 Å². The van der Waals surface area contributed by atoms with Crippen LogP contribution in [-0.4, -0.2) is 39.8 Å². The molecule has 23 heavy (non-hydrogen) atoms. The van der Waals surface area contributed by atoms with E-state index in [2.05, 4.69) is 21.8 Å². The minimum Gasteiger partial charge on any atom is -0.396 e. The van der Waals surface area contributed by atoms with E-state index in [4.69, 9.17) is 4.98 Å². The average molecular weight is 312 g/mol. The Hall–Kier alpha value is -2.01. The standard InChI is InChI=1S/C18H24N4O/c1-13-14(2)20-17(16-6-3-8-19-11-16)21-18(13)22-9-4-5-15(12-22)7-10-23/h3,6,8,11,15,23H,4-5,7,9-10,12H2,1-2H3. The minimum atomic E-state index is 0.265. The van der Waals surface area contributed by atoms with Crippen LogP contribution < -0.4 is 4.90 Å². The van der Waals surface area contributed by atoms with Gasteiger partial charge in [-0.1, -0.05) is 0 Å². The second-order valence-corrected chi connectivity index (χ2v) is 6.29. The van der Waals surface area contributed by atoms with Crippen LogP contribution in [0.4, 0.5) is 5.82 Å². The Bertz CT molecular complexity index is 658. The normalized spacial score (nSPS) is 18.2. The van der Waals surface area contributed by atoms with Crippen molar-refractivity contribution in [3.8, 4) is 11.4 Å². The van der Waals surface area contributed by atoms with Crippen LogP contribution in [0.25, 0.3) is 11.4 Å².